The van der Waals surface area contributed by atoms with Crippen LogP contribution < -0.4 is 4.90 Å². The van der Waals surface area contributed by atoms with Crippen LogP contribution in [-0.2, 0) is 0 Å². The quantitative estimate of drug-likeness (QED) is 0.161. The first-order valence-electron chi connectivity index (χ1n) is 20.7. The van der Waals surface area contributed by atoms with Crippen LogP contribution >= 0.6 is 0 Å². The summed E-state index contributed by atoms with van der Waals surface area (Å²) in [5, 5.41) is 6.73. The van der Waals surface area contributed by atoms with Crippen molar-refractivity contribution >= 4 is 71.7 Å². The van der Waals surface area contributed by atoms with Gasteiger partial charge in [0.25, 0.3) is 0 Å². The Bertz CT molecular complexity index is 3530. The molecular formula is C58H37NO2. The van der Waals surface area contributed by atoms with Gasteiger partial charge in [0.15, 0.2) is 0 Å². The van der Waals surface area contributed by atoms with Gasteiger partial charge in [0.1, 0.15) is 22.3 Å². The van der Waals surface area contributed by atoms with Gasteiger partial charge in [-0.15, -0.1) is 0 Å². The van der Waals surface area contributed by atoms with Crippen LogP contribution in [0.5, 0.6) is 0 Å². The van der Waals surface area contributed by atoms with Crippen LogP contribution in [0.15, 0.2) is 233 Å². The fraction of sp³-hybridized carbons (Fsp3) is 0. The molecule has 3 heteroatoms. The van der Waals surface area contributed by atoms with E-state index < -0.39 is 0 Å². The number of hydrogen-bond donors (Lipinski definition) is 0. The van der Waals surface area contributed by atoms with Crippen LogP contribution in [0.2, 0.25) is 0 Å². The number of furan rings is 2. The highest BCUT2D eigenvalue weighted by molar-refractivity contribution is 6.32. The van der Waals surface area contributed by atoms with Crippen LogP contribution in [0.3, 0.4) is 0 Å². The van der Waals surface area contributed by atoms with E-state index in [0.29, 0.717) is 0 Å². The van der Waals surface area contributed by atoms with Crippen LogP contribution in [0.25, 0.3) is 99.2 Å². The third-order valence-corrected chi connectivity index (χ3v) is 12.1. The first-order valence-corrected chi connectivity index (χ1v) is 20.7. The molecule has 2 heterocycles. The Morgan fingerprint density at radius 1 is 0.279 bits per heavy atom. The average molecular weight is 780 g/mol. The molecular weight excluding hydrogens is 743 g/mol. The van der Waals surface area contributed by atoms with E-state index in [4.69, 9.17) is 8.83 Å². The van der Waals surface area contributed by atoms with Crippen LogP contribution in [0.1, 0.15) is 0 Å². The van der Waals surface area contributed by atoms with Crippen molar-refractivity contribution in [2.75, 3.05) is 4.90 Å². The van der Waals surface area contributed by atoms with Gasteiger partial charge < -0.3 is 13.7 Å². The van der Waals surface area contributed by atoms with E-state index in [2.05, 4.69) is 223 Å². The van der Waals surface area contributed by atoms with Crippen molar-refractivity contribution in [2.24, 2.45) is 0 Å². The molecule has 0 aliphatic rings. The lowest BCUT2D eigenvalue weighted by Crippen LogP contribution is -2.09. The lowest BCUT2D eigenvalue weighted by Gasteiger charge is -2.26. The third kappa shape index (κ3) is 5.98. The summed E-state index contributed by atoms with van der Waals surface area (Å²) in [5.41, 5.74) is 15.8. The number of para-hydroxylation sites is 1. The summed E-state index contributed by atoms with van der Waals surface area (Å²) in [4.78, 5) is 2.32. The van der Waals surface area contributed by atoms with Gasteiger partial charge in [-0.25, -0.2) is 0 Å². The second kappa shape index (κ2) is 14.3. The van der Waals surface area contributed by atoms with Crippen LogP contribution in [0.4, 0.5) is 17.1 Å². The predicted octanol–water partition coefficient (Wildman–Crippen LogP) is 16.8. The Labute approximate surface area is 353 Å². The fourth-order valence-corrected chi connectivity index (χ4v) is 9.09. The SMILES string of the molecule is c1ccc(-c2ccc(-c3ccc(N(c4ccc(-c5ccccc5)cc4)c4ccc(-c5cc6oc7ccc8ccccc8c7c6c6c5oc5ccccc56)cc4)cc3)cc2)cc1. The normalized spacial score (nSPS) is 11.6. The highest BCUT2D eigenvalue weighted by Gasteiger charge is 2.22. The molecule has 0 fully saturated rings. The number of nitrogens with zero attached hydrogens (tertiary/aromatic N) is 1. The Balaban J connectivity index is 0.963. The minimum absolute atomic E-state index is 0.847. The zero-order chi connectivity index (χ0) is 40.3. The molecule has 10 aromatic carbocycles. The third-order valence-electron chi connectivity index (χ3n) is 12.1. The minimum Gasteiger partial charge on any atom is -0.456 e. The molecule has 0 bridgehead atoms. The van der Waals surface area contributed by atoms with Crippen molar-refractivity contribution in [2.45, 2.75) is 0 Å². The smallest absolute Gasteiger partial charge is 0.144 e. The predicted molar refractivity (Wildman–Crippen MR) is 255 cm³/mol. The molecule has 0 atom stereocenters. The molecule has 0 unspecified atom stereocenters. The van der Waals surface area contributed by atoms with Crippen molar-refractivity contribution in [1.82, 2.24) is 0 Å². The number of benzene rings is 10. The second-order valence-corrected chi connectivity index (χ2v) is 15.6. The second-order valence-electron chi connectivity index (χ2n) is 15.6. The Hall–Kier alpha value is -8.14. The zero-order valence-corrected chi connectivity index (χ0v) is 33.1. The maximum absolute atomic E-state index is 6.77. The number of hydrogen-bond acceptors (Lipinski definition) is 3. The Morgan fingerprint density at radius 2 is 0.738 bits per heavy atom. The van der Waals surface area contributed by atoms with Gasteiger partial charge >= 0.3 is 0 Å². The molecule has 0 radical (unpaired) electrons. The topological polar surface area (TPSA) is 29.5 Å². The molecule has 0 amide bonds. The number of fused-ring (bicyclic) bond motifs is 9. The molecule has 12 rings (SSSR count). The number of anilines is 3. The minimum atomic E-state index is 0.847. The van der Waals surface area contributed by atoms with E-state index in [1.165, 1.54) is 44.2 Å². The Kier molecular flexibility index (Phi) is 8.17. The first kappa shape index (κ1) is 34.9. The summed E-state index contributed by atoms with van der Waals surface area (Å²) >= 11 is 0. The highest BCUT2D eigenvalue weighted by Crippen LogP contribution is 2.47. The number of rotatable bonds is 7. The van der Waals surface area contributed by atoms with E-state index in [9.17, 15) is 0 Å². The van der Waals surface area contributed by atoms with Crippen LogP contribution in [0, 0.1) is 0 Å². The first-order chi connectivity index (χ1) is 30.2. The van der Waals surface area contributed by atoms with Crippen molar-refractivity contribution in [3.8, 4) is 44.5 Å². The molecule has 0 N–H and O–H groups in total. The van der Waals surface area contributed by atoms with E-state index in [1.807, 2.05) is 6.07 Å². The summed E-state index contributed by atoms with van der Waals surface area (Å²) in [6, 6.07) is 79.7. The lowest BCUT2D eigenvalue weighted by molar-refractivity contribution is 0.664. The summed E-state index contributed by atoms with van der Waals surface area (Å²) < 4.78 is 13.5. The van der Waals surface area contributed by atoms with Gasteiger partial charge in [0, 0.05) is 44.2 Å². The van der Waals surface area contributed by atoms with Gasteiger partial charge in [-0.1, -0.05) is 170 Å². The van der Waals surface area contributed by atoms with Crippen molar-refractivity contribution in [1.29, 1.82) is 0 Å². The van der Waals surface area contributed by atoms with Gasteiger partial charge in [0.05, 0.1) is 0 Å². The molecule has 0 spiro atoms. The van der Waals surface area contributed by atoms with Gasteiger partial charge in [-0.2, -0.15) is 0 Å². The fourth-order valence-electron chi connectivity index (χ4n) is 9.09. The molecule has 0 saturated heterocycles. The summed E-state index contributed by atoms with van der Waals surface area (Å²) in [6.07, 6.45) is 0. The van der Waals surface area contributed by atoms with Crippen molar-refractivity contribution in [3.63, 3.8) is 0 Å². The summed E-state index contributed by atoms with van der Waals surface area (Å²) in [6.45, 7) is 0. The molecule has 61 heavy (non-hydrogen) atoms. The van der Waals surface area contributed by atoms with E-state index in [1.54, 1.807) is 0 Å². The molecule has 286 valence electrons. The maximum Gasteiger partial charge on any atom is 0.144 e. The molecule has 0 aliphatic carbocycles. The standard InChI is InChI=1S/C58H37NO2/c1-3-11-38(12-4-1)40-19-21-41(22-20-40)43-25-32-47(33-26-43)59(46-30-23-42(24-31-46)39-13-5-2-6-14-39)48-34-27-45(28-35-48)51-37-54-57(56-50-17-9-10-18-52(50)61-58(51)56)55-49-16-8-7-15-44(49)29-36-53(55)60-54/h1-37H. The maximum atomic E-state index is 6.77. The lowest BCUT2D eigenvalue weighted by atomic mass is 9.96. The van der Waals surface area contributed by atoms with Crippen molar-refractivity contribution in [3.05, 3.63) is 224 Å². The molecule has 2 aromatic heterocycles. The van der Waals surface area contributed by atoms with E-state index >= 15 is 0 Å². The van der Waals surface area contributed by atoms with Crippen LogP contribution in [-0.4, -0.2) is 0 Å². The van der Waals surface area contributed by atoms with E-state index in [0.717, 1.165) is 72.1 Å². The van der Waals surface area contributed by atoms with Gasteiger partial charge in [-0.3, -0.25) is 0 Å². The monoisotopic (exact) mass is 779 g/mol. The zero-order valence-electron chi connectivity index (χ0n) is 33.1. The van der Waals surface area contributed by atoms with Crippen molar-refractivity contribution < 1.29 is 8.83 Å². The highest BCUT2D eigenvalue weighted by atomic mass is 16.3. The average Bonchev–Trinajstić information content (AvgIpc) is 3.92. The van der Waals surface area contributed by atoms with E-state index in [-0.39, 0.29) is 0 Å². The Morgan fingerprint density at radius 3 is 1.31 bits per heavy atom. The summed E-state index contributed by atoms with van der Waals surface area (Å²) in [5.74, 6) is 0. The molecule has 0 saturated carbocycles. The summed E-state index contributed by atoms with van der Waals surface area (Å²) in [7, 11) is 0. The molecule has 0 aliphatic heterocycles. The van der Waals surface area contributed by atoms with Gasteiger partial charge in [0.2, 0.25) is 0 Å². The largest absolute Gasteiger partial charge is 0.456 e. The molecule has 3 nitrogen and oxygen atoms in total. The molecule has 12 aromatic rings. The van der Waals surface area contributed by atoms with Gasteiger partial charge in [-0.05, 0) is 104 Å².